The van der Waals surface area contributed by atoms with E-state index in [1.54, 1.807) is 45.0 Å². The summed E-state index contributed by atoms with van der Waals surface area (Å²) < 4.78 is 11.2. The quantitative estimate of drug-likeness (QED) is 0.287. The van der Waals surface area contributed by atoms with Crippen LogP contribution in [0.25, 0.3) is 11.1 Å². The summed E-state index contributed by atoms with van der Waals surface area (Å²) in [5, 5.41) is 0. The van der Waals surface area contributed by atoms with Crippen LogP contribution in [0.5, 0.6) is 0 Å². The largest absolute Gasteiger partial charge is 0.464 e. The third-order valence-corrected chi connectivity index (χ3v) is 4.39. The van der Waals surface area contributed by atoms with Crippen LogP contribution in [0.1, 0.15) is 51.7 Å². The van der Waals surface area contributed by atoms with Gasteiger partial charge in [-0.05, 0) is 38.3 Å². The molecule has 0 amide bonds. The van der Waals surface area contributed by atoms with Gasteiger partial charge in [-0.15, -0.1) is 0 Å². The maximum atomic E-state index is 13.2. The van der Waals surface area contributed by atoms with Gasteiger partial charge in [-0.1, -0.05) is 74.0 Å². The van der Waals surface area contributed by atoms with Crippen molar-refractivity contribution in [1.82, 2.24) is 0 Å². The molecule has 0 N–H and O–H groups in total. The van der Waals surface area contributed by atoms with Crippen LogP contribution >= 0.6 is 0 Å². The number of esters is 2. The molecule has 0 spiro atoms. The van der Waals surface area contributed by atoms with Crippen molar-refractivity contribution in [3.8, 4) is 0 Å². The summed E-state index contributed by atoms with van der Waals surface area (Å²) in [6.07, 6.45) is 1.52. The number of rotatable bonds is 7. The zero-order valence-electron chi connectivity index (χ0n) is 17.4. The summed E-state index contributed by atoms with van der Waals surface area (Å²) in [4.78, 5) is 26.4. The zero-order chi connectivity index (χ0) is 21.4. The second kappa shape index (κ2) is 10.2. The molecule has 0 bridgehead atoms. The predicted octanol–water partition coefficient (Wildman–Crippen LogP) is 4.78. The van der Waals surface area contributed by atoms with Crippen LogP contribution in [0.15, 0.2) is 60.7 Å². The van der Waals surface area contributed by atoms with Gasteiger partial charge in [0.2, 0.25) is 0 Å². The molecule has 0 fully saturated rings. The Morgan fingerprint density at radius 1 is 0.862 bits per heavy atom. The van der Waals surface area contributed by atoms with Crippen molar-refractivity contribution in [2.24, 2.45) is 0 Å². The van der Waals surface area contributed by atoms with E-state index in [0.717, 1.165) is 6.42 Å². The van der Waals surface area contributed by atoms with Crippen LogP contribution in [-0.2, 0) is 19.1 Å². The summed E-state index contributed by atoms with van der Waals surface area (Å²) in [5.41, 5.74) is 0.415. The van der Waals surface area contributed by atoms with Gasteiger partial charge in [0.05, 0.1) is 27.1 Å². The molecule has 3 radical (unpaired) electrons. The van der Waals surface area contributed by atoms with Gasteiger partial charge in [-0.3, -0.25) is 0 Å². The lowest BCUT2D eigenvalue weighted by molar-refractivity contribution is -0.147. The molecule has 0 aromatic heterocycles. The maximum absolute atomic E-state index is 13.2. The van der Waals surface area contributed by atoms with Crippen molar-refractivity contribution >= 4 is 33.3 Å². The molecule has 151 valence electrons. The first kappa shape index (κ1) is 22.6. The van der Waals surface area contributed by atoms with Crippen LogP contribution in [0, 0.1) is 0 Å². The minimum atomic E-state index is -0.706. The molecule has 0 saturated heterocycles. The number of ether oxygens (including phenoxy) is 2. The molecule has 0 heterocycles. The summed E-state index contributed by atoms with van der Waals surface area (Å²) in [7, 11) is 3.45. The van der Waals surface area contributed by atoms with Gasteiger partial charge in [0.15, 0.2) is 0 Å². The van der Waals surface area contributed by atoms with E-state index in [1.165, 1.54) is 0 Å². The fraction of sp³-hybridized carbons (Fsp3) is 0.333. The van der Waals surface area contributed by atoms with E-state index in [-0.39, 0.29) is 11.1 Å². The molecule has 2 aromatic rings. The van der Waals surface area contributed by atoms with Gasteiger partial charge in [0, 0.05) is 0 Å². The number of benzene rings is 2. The van der Waals surface area contributed by atoms with Gasteiger partial charge in [-0.2, -0.15) is 0 Å². The van der Waals surface area contributed by atoms with E-state index >= 15 is 0 Å². The van der Waals surface area contributed by atoms with E-state index in [9.17, 15) is 9.59 Å². The second-order valence-electron chi connectivity index (χ2n) is 7.67. The molecule has 5 heteroatoms. The van der Waals surface area contributed by atoms with E-state index in [0.29, 0.717) is 17.5 Å². The lowest BCUT2D eigenvalue weighted by Crippen LogP contribution is -2.26. The Balaban J connectivity index is 2.68. The molecule has 0 aliphatic heterocycles. The maximum Gasteiger partial charge on any atom is 0.340 e. The Morgan fingerprint density at radius 2 is 1.31 bits per heavy atom. The summed E-state index contributed by atoms with van der Waals surface area (Å²) >= 11 is 0. The lowest BCUT2D eigenvalue weighted by Gasteiger charge is -2.23. The summed E-state index contributed by atoms with van der Waals surface area (Å²) in [5.74, 6) is -1.14. The van der Waals surface area contributed by atoms with Crippen LogP contribution in [0.3, 0.4) is 0 Å². The molecule has 29 heavy (non-hydrogen) atoms. The second-order valence-corrected chi connectivity index (χ2v) is 8.31. The molecule has 0 aliphatic carbocycles. The van der Waals surface area contributed by atoms with Gasteiger partial charge in [-0.25, -0.2) is 9.59 Å². The zero-order valence-corrected chi connectivity index (χ0v) is 18.4. The van der Waals surface area contributed by atoms with Crippen LogP contribution < -0.4 is 0 Å². The Morgan fingerprint density at radius 3 is 1.72 bits per heavy atom. The van der Waals surface area contributed by atoms with Gasteiger partial charge in [0.25, 0.3) is 0 Å². The average molecular weight is 408 g/mol. The standard InChI is InChI=1S/C24H27O4Si/c1-5-12-19(29)27-22(25)20(17-13-8-6-9-14-17)21(18-15-10-7-11-16-18)23(26)28-24(2,3)4/h6-11,13-16,19H,5,12H2,1-4H3/b21-20-. The Bertz CT molecular complexity index is 851. The van der Waals surface area contributed by atoms with Crippen molar-refractivity contribution in [1.29, 1.82) is 0 Å². The predicted molar refractivity (Wildman–Crippen MR) is 116 cm³/mol. The highest BCUT2D eigenvalue weighted by atomic mass is 28.1. The fourth-order valence-corrected chi connectivity index (χ4v) is 3.17. The third kappa shape index (κ3) is 6.71. The molecule has 1 atom stereocenters. The highest BCUT2D eigenvalue weighted by Gasteiger charge is 2.29. The minimum Gasteiger partial charge on any atom is -0.464 e. The number of carbonyl (C=O) groups is 2. The van der Waals surface area contributed by atoms with Crippen LogP contribution in [0.4, 0.5) is 0 Å². The first-order valence-corrected chi connectivity index (χ1v) is 10.3. The fourth-order valence-electron chi connectivity index (χ4n) is 2.78. The monoisotopic (exact) mass is 407 g/mol. The topological polar surface area (TPSA) is 52.6 Å². The highest BCUT2D eigenvalue weighted by Crippen LogP contribution is 2.30. The number of carbonyl (C=O) groups excluding carboxylic acids is 2. The van der Waals surface area contributed by atoms with E-state index < -0.39 is 23.3 Å². The average Bonchev–Trinajstić information content (AvgIpc) is 2.65. The molecule has 1 unspecified atom stereocenters. The number of hydrogen-bond acceptors (Lipinski definition) is 4. The highest BCUT2D eigenvalue weighted by molar-refractivity contribution is 6.37. The number of hydrogen-bond donors (Lipinski definition) is 0. The smallest absolute Gasteiger partial charge is 0.340 e. The Labute approximate surface area is 176 Å². The van der Waals surface area contributed by atoms with Gasteiger partial charge in [0.1, 0.15) is 5.60 Å². The Kier molecular flexibility index (Phi) is 7.97. The summed E-state index contributed by atoms with van der Waals surface area (Å²) in [6, 6.07) is 18.1. The van der Waals surface area contributed by atoms with Crippen molar-refractivity contribution < 1.29 is 19.1 Å². The van der Waals surface area contributed by atoms with E-state index in [1.807, 2.05) is 43.3 Å². The molecule has 4 nitrogen and oxygen atoms in total. The Hall–Kier alpha value is -2.66. The normalized spacial score (nSPS) is 13.3. The molecular weight excluding hydrogens is 380 g/mol. The van der Waals surface area contributed by atoms with Gasteiger partial charge < -0.3 is 9.47 Å². The minimum absolute atomic E-state index is 0.186. The van der Waals surface area contributed by atoms with Gasteiger partial charge >= 0.3 is 11.9 Å². The third-order valence-electron chi connectivity index (χ3n) is 3.98. The first-order valence-electron chi connectivity index (χ1n) is 9.73. The molecule has 2 rings (SSSR count). The molecule has 0 aliphatic rings. The van der Waals surface area contributed by atoms with Crippen LogP contribution in [-0.4, -0.2) is 33.5 Å². The van der Waals surface area contributed by atoms with E-state index in [2.05, 4.69) is 10.2 Å². The van der Waals surface area contributed by atoms with E-state index in [4.69, 9.17) is 9.47 Å². The van der Waals surface area contributed by atoms with Crippen molar-refractivity contribution in [3.63, 3.8) is 0 Å². The lowest BCUT2D eigenvalue weighted by atomic mass is 9.94. The molecule has 2 aromatic carbocycles. The van der Waals surface area contributed by atoms with Crippen molar-refractivity contribution in [2.75, 3.05) is 0 Å². The van der Waals surface area contributed by atoms with Crippen molar-refractivity contribution in [2.45, 2.75) is 51.9 Å². The molecular formula is C24H27O4Si. The first-order chi connectivity index (χ1) is 13.7. The molecule has 0 saturated carbocycles. The van der Waals surface area contributed by atoms with Crippen molar-refractivity contribution in [3.05, 3.63) is 71.8 Å². The summed E-state index contributed by atoms with van der Waals surface area (Å²) in [6.45, 7) is 7.39. The van der Waals surface area contributed by atoms with Crippen LogP contribution in [0.2, 0.25) is 0 Å². The SMILES string of the molecule is CCCC([Si])OC(=O)/C(=C(\C(=O)OC(C)(C)C)c1ccccc1)c1ccccc1.